The van der Waals surface area contributed by atoms with E-state index >= 15 is 0 Å². The van der Waals surface area contributed by atoms with Gasteiger partial charge >= 0.3 is 0 Å². The molecule has 1 aliphatic rings. The van der Waals surface area contributed by atoms with Gasteiger partial charge in [-0.05, 0) is 26.8 Å². The fraction of sp³-hybridized carbons (Fsp3) is 0.385. The van der Waals surface area contributed by atoms with Crippen molar-refractivity contribution in [3.8, 4) is 0 Å². The molecule has 1 heterocycles. The van der Waals surface area contributed by atoms with E-state index in [1.165, 1.54) is 7.11 Å². The van der Waals surface area contributed by atoms with E-state index in [-0.39, 0.29) is 11.4 Å². The maximum atomic E-state index is 12.3. The van der Waals surface area contributed by atoms with Crippen LogP contribution in [0.4, 0.5) is 0 Å². The van der Waals surface area contributed by atoms with Crippen LogP contribution < -0.4 is 0 Å². The Kier molecular flexibility index (Phi) is 2.65. The highest BCUT2D eigenvalue weighted by Crippen LogP contribution is 2.29. The predicted octanol–water partition coefficient (Wildman–Crippen LogP) is 2.25. The van der Waals surface area contributed by atoms with Crippen LogP contribution in [0.1, 0.15) is 36.7 Å². The molecule has 0 unspecified atom stereocenters. The Bertz CT molecular complexity index is 486. The summed E-state index contributed by atoms with van der Waals surface area (Å²) < 4.78 is 0. The fourth-order valence-electron chi connectivity index (χ4n) is 2.00. The standard InChI is InChI=1S/C13H16N2O2/c1-13(2,3)15-11(14-17-4)9-7-5-6-8-10(9)12(15)16/h5-8H,1-4H3/b14-11+. The Balaban J connectivity index is 2.60. The smallest absolute Gasteiger partial charge is 0.260 e. The normalized spacial score (nSPS) is 17.5. The molecule has 0 spiro atoms. The first-order chi connectivity index (χ1) is 7.96. The van der Waals surface area contributed by atoms with Gasteiger partial charge in [0.05, 0.1) is 5.56 Å². The zero-order chi connectivity index (χ0) is 12.6. The number of nitrogens with zero attached hydrogens (tertiary/aromatic N) is 2. The topological polar surface area (TPSA) is 41.9 Å². The van der Waals surface area contributed by atoms with Gasteiger partial charge in [0.15, 0.2) is 5.84 Å². The minimum Gasteiger partial charge on any atom is -0.397 e. The van der Waals surface area contributed by atoms with Gasteiger partial charge in [-0.2, -0.15) is 0 Å². The molecule has 1 aliphatic heterocycles. The molecule has 0 saturated carbocycles. The highest BCUT2D eigenvalue weighted by atomic mass is 16.6. The highest BCUT2D eigenvalue weighted by Gasteiger charge is 2.40. The average Bonchev–Trinajstić information content (AvgIpc) is 2.53. The van der Waals surface area contributed by atoms with Crippen molar-refractivity contribution in [3.05, 3.63) is 35.4 Å². The molecule has 1 aromatic carbocycles. The highest BCUT2D eigenvalue weighted by molar-refractivity contribution is 6.23. The maximum Gasteiger partial charge on any atom is 0.260 e. The minimum absolute atomic E-state index is 0.0242. The molecule has 4 heteroatoms. The second-order valence-electron chi connectivity index (χ2n) is 4.95. The molecule has 4 nitrogen and oxygen atoms in total. The monoisotopic (exact) mass is 232 g/mol. The van der Waals surface area contributed by atoms with Crippen LogP contribution in [0.2, 0.25) is 0 Å². The summed E-state index contributed by atoms with van der Waals surface area (Å²) in [7, 11) is 1.49. The molecule has 0 bridgehead atoms. The van der Waals surface area contributed by atoms with Crippen molar-refractivity contribution in [1.29, 1.82) is 0 Å². The molecule has 0 fully saturated rings. The average molecular weight is 232 g/mol. The van der Waals surface area contributed by atoms with Crippen molar-refractivity contribution < 1.29 is 9.63 Å². The quantitative estimate of drug-likeness (QED) is 0.697. The summed E-state index contributed by atoms with van der Waals surface area (Å²) in [4.78, 5) is 18.8. The summed E-state index contributed by atoms with van der Waals surface area (Å²) in [5.74, 6) is 0.560. The van der Waals surface area contributed by atoms with E-state index in [9.17, 15) is 4.79 Å². The number of fused-ring (bicyclic) bond motifs is 1. The van der Waals surface area contributed by atoms with Crippen LogP contribution in [0.5, 0.6) is 0 Å². The van der Waals surface area contributed by atoms with Gasteiger partial charge in [0, 0.05) is 11.1 Å². The molecule has 0 aliphatic carbocycles. The maximum absolute atomic E-state index is 12.3. The van der Waals surface area contributed by atoms with Crippen LogP contribution in [-0.4, -0.2) is 29.3 Å². The molecule has 17 heavy (non-hydrogen) atoms. The van der Waals surface area contributed by atoms with E-state index in [0.29, 0.717) is 11.4 Å². The second-order valence-corrected chi connectivity index (χ2v) is 4.95. The van der Waals surface area contributed by atoms with Crippen molar-refractivity contribution in [3.63, 3.8) is 0 Å². The van der Waals surface area contributed by atoms with Gasteiger partial charge in [-0.1, -0.05) is 23.4 Å². The van der Waals surface area contributed by atoms with Crippen LogP contribution in [-0.2, 0) is 4.84 Å². The van der Waals surface area contributed by atoms with Crippen LogP contribution in [0.3, 0.4) is 0 Å². The fourth-order valence-corrected chi connectivity index (χ4v) is 2.00. The van der Waals surface area contributed by atoms with E-state index in [2.05, 4.69) is 5.16 Å². The first-order valence-electron chi connectivity index (χ1n) is 5.52. The third kappa shape index (κ3) is 1.79. The molecule has 0 saturated heterocycles. The minimum atomic E-state index is -0.326. The third-order valence-electron chi connectivity index (χ3n) is 2.66. The lowest BCUT2D eigenvalue weighted by atomic mass is 10.1. The van der Waals surface area contributed by atoms with Crippen LogP contribution in [0, 0.1) is 0 Å². The van der Waals surface area contributed by atoms with E-state index in [4.69, 9.17) is 4.84 Å². The van der Waals surface area contributed by atoms with E-state index in [1.807, 2.05) is 45.0 Å². The van der Waals surface area contributed by atoms with Crippen LogP contribution in [0.15, 0.2) is 29.4 Å². The van der Waals surface area contributed by atoms with Gasteiger partial charge in [0.2, 0.25) is 0 Å². The van der Waals surface area contributed by atoms with E-state index in [0.717, 1.165) is 5.56 Å². The van der Waals surface area contributed by atoms with Gasteiger partial charge in [-0.25, -0.2) is 0 Å². The van der Waals surface area contributed by atoms with Crippen molar-refractivity contribution in [2.45, 2.75) is 26.3 Å². The number of amidine groups is 1. The summed E-state index contributed by atoms with van der Waals surface area (Å²) in [5, 5.41) is 3.99. The molecule has 1 amide bonds. The van der Waals surface area contributed by atoms with Crippen molar-refractivity contribution in [2.24, 2.45) is 5.16 Å². The van der Waals surface area contributed by atoms with Crippen molar-refractivity contribution in [2.75, 3.05) is 7.11 Å². The van der Waals surface area contributed by atoms with E-state index in [1.54, 1.807) is 4.90 Å². The summed E-state index contributed by atoms with van der Waals surface area (Å²) in [6.07, 6.45) is 0. The molecule has 2 rings (SSSR count). The van der Waals surface area contributed by atoms with Crippen molar-refractivity contribution >= 4 is 11.7 Å². The summed E-state index contributed by atoms with van der Waals surface area (Å²) >= 11 is 0. The Morgan fingerprint density at radius 1 is 1.18 bits per heavy atom. The Labute approximate surface area is 101 Å². The lowest BCUT2D eigenvalue weighted by molar-refractivity contribution is 0.0756. The number of oxime groups is 1. The zero-order valence-corrected chi connectivity index (χ0v) is 10.5. The molecule has 1 aromatic rings. The van der Waals surface area contributed by atoms with Gasteiger partial charge in [-0.15, -0.1) is 0 Å². The third-order valence-corrected chi connectivity index (χ3v) is 2.66. The second kappa shape index (κ2) is 3.87. The van der Waals surface area contributed by atoms with Crippen LogP contribution in [0.25, 0.3) is 0 Å². The van der Waals surface area contributed by atoms with Gasteiger partial charge in [0.1, 0.15) is 7.11 Å². The Morgan fingerprint density at radius 2 is 1.76 bits per heavy atom. The lowest BCUT2D eigenvalue weighted by Crippen LogP contribution is -2.45. The zero-order valence-electron chi connectivity index (χ0n) is 10.5. The van der Waals surface area contributed by atoms with Gasteiger partial charge < -0.3 is 4.84 Å². The summed E-state index contributed by atoms with van der Waals surface area (Å²) in [6, 6.07) is 7.45. The molecule has 0 N–H and O–H groups in total. The number of rotatable bonds is 1. The molecule has 0 aromatic heterocycles. The lowest BCUT2D eigenvalue weighted by Gasteiger charge is -2.31. The number of hydrogen-bond donors (Lipinski definition) is 0. The van der Waals surface area contributed by atoms with Gasteiger partial charge in [-0.3, -0.25) is 9.69 Å². The summed E-state index contributed by atoms with van der Waals surface area (Å²) in [5.41, 5.74) is 1.18. The number of hydrogen-bond acceptors (Lipinski definition) is 3. The van der Waals surface area contributed by atoms with Crippen LogP contribution >= 0.6 is 0 Å². The largest absolute Gasteiger partial charge is 0.397 e. The molecular weight excluding hydrogens is 216 g/mol. The first-order valence-corrected chi connectivity index (χ1v) is 5.52. The number of benzene rings is 1. The molecular formula is C13H16N2O2. The SMILES string of the molecule is CO/N=C1\c2ccccc2C(=O)N1C(C)(C)C. The predicted molar refractivity (Wildman–Crippen MR) is 65.9 cm³/mol. The molecule has 0 radical (unpaired) electrons. The molecule has 90 valence electrons. The first kappa shape index (κ1) is 11.6. The summed E-state index contributed by atoms with van der Waals surface area (Å²) in [6.45, 7) is 5.92. The number of carbonyl (C=O) groups excluding carboxylic acids is 1. The van der Waals surface area contributed by atoms with Crippen molar-refractivity contribution in [1.82, 2.24) is 4.90 Å². The Morgan fingerprint density at radius 3 is 2.29 bits per heavy atom. The van der Waals surface area contributed by atoms with E-state index < -0.39 is 0 Å². The number of amides is 1. The number of carbonyl (C=O) groups is 1. The van der Waals surface area contributed by atoms with Gasteiger partial charge in [0.25, 0.3) is 5.91 Å². The Hall–Kier alpha value is -1.84. The molecule has 0 atom stereocenters.